The largest absolute Gasteiger partial charge is 0.368 e. The fourth-order valence-corrected chi connectivity index (χ4v) is 3.57. The van der Waals surface area contributed by atoms with E-state index in [0.29, 0.717) is 12.5 Å². The maximum atomic E-state index is 14.0. The lowest BCUT2D eigenvalue weighted by Crippen LogP contribution is -2.26. The standard InChI is InChI=1S/C19H28F2O2S/c1-2-3-4-5-6-7-8-9-10-14-17-19(20,21)24(22,23)18-15-12-11-13-16-18/h11-17H,2-10H2,1H3/b17-14+. The van der Waals surface area contributed by atoms with Crippen LogP contribution in [-0.4, -0.2) is 13.7 Å². The molecular weight excluding hydrogens is 330 g/mol. The Morgan fingerprint density at radius 1 is 0.917 bits per heavy atom. The van der Waals surface area contributed by atoms with Gasteiger partial charge in [-0.3, -0.25) is 0 Å². The van der Waals surface area contributed by atoms with Crippen molar-refractivity contribution in [2.24, 2.45) is 0 Å². The Kier molecular flexibility index (Phi) is 9.19. The number of hydrogen-bond acceptors (Lipinski definition) is 2. The first-order valence-corrected chi connectivity index (χ1v) is 10.3. The van der Waals surface area contributed by atoms with Gasteiger partial charge in [-0.25, -0.2) is 8.42 Å². The predicted octanol–water partition coefficient (Wildman–Crippen LogP) is 6.14. The smallest absolute Gasteiger partial charge is 0.217 e. The van der Waals surface area contributed by atoms with Gasteiger partial charge in [0.25, 0.3) is 0 Å². The molecule has 24 heavy (non-hydrogen) atoms. The van der Waals surface area contributed by atoms with E-state index in [4.69, 9.17) is 0 Å². The average Bonchev–Trinajstić information content (AvgIpc) is 2.57. The van der Waals surface area contributed by atoms with Crippen LogP contribution in [-0.2, 0) is 9.84 Å². The van der Waals surface area contributed by atoms with Gasteiger partial charge in [-0.15, -0.1) is 0 Å². The molecule has 136 valence electrons. The second kappa shape index (κ2) is 10.6. The lowest BCUT2D eigenvalue weighted by atomic mass is 10.1. The molecule has 0 fully saturated rings. The van der Waals surface area contributed by atoms with Crippen molar-refractivity contribution in [3.05, 3.63) is 42.5 Å². The lowest BCUT2D eigenvalue weighted by molar-refractivity contribution is 0.146. The SMILES string of the molecule is CCCCCCCCCC/C=C/C(F)(F)S(=O)(=O)c1ccccc1. The van der Waals surface area contributed by atoms with Crippen LogP contribution in [0.1, 0.15) is 64.7 Å². The topological polar surface area (TPSA) is 34.1 Å². The molecule has 0 aliphatic heterocycles. The molecule has 1 rings (SSSR count). The van der Waals surface area contributed by atoms with Gasteiger partial charge in [0, 0.05) is 0 Å². The minimum Gasteiger partial charge on any atom is -0.217 e. The average molecular weight is 358 g/mol. The Morgan fingerprint density at radius 2 is 1.46 bits per heavy atom. The van der Waals surface area contributed by atoms with Crippen molar-refractivity contribution in [3.63, 3.8) is 0 Å². The summed E-state index contributed by atoms with van der Waals surface area (Å²) in [5, 5.41) is -3.87. The monoisotopic (exact) mass is 358 g/mol. The first-order chi connectivity index (χ1) is 11.4. The number of allylic oxidation sites excluding steroid dienone is 1. The summed E-state index contributed by atoms with van der Waals surface area (Å²) in [6.45, 7) is 2.18. The van der Waals surface area contributed by atoms with Crippen molar-refractivity contribution in [1.82, 2.24) is 0 Å². The van der Waals surface area contributed by atoms with Crippen LogP contribution in [0.15, 0.2) is 47.4 Å². The maximum Gasteiger partial charge on any atom is 0.368 e. The summed E-state index contributed by atoms with van der Waals surface area (Å²) in [6.07, 6.45) is 11.4. The van der Waals surface area contributed by atoms with E-state index in [1.807, 2.05) is 0 Å². The molecule has 0 aliphatic carbocycles. The van der Waals surface area contributed by atoms with Gasteiger partial charge in [-0.1, -0.05) is 76.1 Å². The molecule has 0 unspecified atom stereocenters. The Hall–Kier alpha value is -1.23. The third kappa shape index (κ3) is 6.71. The number of rotatable bonds is 12. The molecule has 0 spiro atoms. The fraction of sp³-hybridized carbons (Fsp3) is 0.579. The highest BCUT2D eigenvalue weighted by molar-refractivity contribution is 7.92. The highest BCUT2D eigenvalue weighted by atomic mass is 32.2. The number of hydrogen-bond donors (Lipinski definition) is 0. The normalized spacial score (nSPS) is 12.8. The first-order valence-electron chi connectivity index (χ1n) is 8.77. The molecule has 2 nitrogen and oxygen atoms in total. The Bertz CT molecular complexity index is 581. The van der Waals surface area contributed by atoms with E-state index in [1.54, 1.807) is 6.07 Å². The Labute approximate surface area is 144 Å². The van der Waals surface area contributed by atoms with Gasteiger partial charge < -0.3 is 0 Å². The molecule has 1 aromatic carbocycles. The molecule has 0 N–H and O–H groups in total. The number of alkyl halides is 2. The zero-order valence-corrected chi connectivity index (χ0v) is 15.2. The zero-order valence-electron chi connectivity index (χ0n) is 14.4. The van der Waals surface area contributed by atoms with Crippen LogP contribution in [0.4, 0.5) is 8.78 Å². The van der Waals surface area contributed by atoms with E-state index in [-0.39, 0.29) is 4.90 Å². The van der Waals surface area contributed by atoms with Crippen LogP contribution in [0.25, 0.3) is 0 Å². The summed E-state index contributed by atoms with van der Waals surface area (Å²) in [4.78, 5) is -0.355. The molecule has 0 atom stereocenters. The van der Waals surface area contributed by atoms with Crippen LogP contribution in [0.3, 0.4) is 0 Å². The van der Waals surface area contributed by atoms with Crippen molar-refractivity contribution in [3.8, 4) is 0 Å². The summed E-state index contributed by atoms with van der Waals surface area (Å²) >= 11 is 0. The third-order valence-corrected chi connectivity index (χ3v) is 5.69. The van der Waals surface area contributed by atoms with Gasteiger partial charge in [0.2, 0.25) is 9.84 Å². The fourth-order valence-electron chi connectivity index (χ4n) is 2.46. The molecule has 1 aromatic rings. The highest BCUT2D eigenvalue weighted by Gasteiger charge is 2.43. The van der Waals surface area contributed by atoms with Crippen LogP contribution in [0, 0.1) is 0 Å². The van der Waals surface area contributed by atoms with Crippen molar-refractivity contribution in [2.75, 3.05) is 0 Å². The number of halogens is 2. The number of benzene rings is 1. The molecule has 0 radical (unpaired) electrons. The van der Waals surface area contributed by atoms with Crippen LogP contribution in [0.2, 0.25) is 0 Å². The van der Waals surface area contributed by atoms with Gasteiger partial charge in [0.05, 0.1) is 4.90 Å². The summed E-state index contributed by atoms with van der Waals surface area (Å²) < 4.78 is 51.8. The van der Waals surface area contributed by atoms with E-state index in [9.17, 15) is 17.2 Å². The second-order valence-electron chi connectivity index (χ2n) is 6.04. The Morgan fingerprint density at radius 3 is 2.04 bits per heavy atom. The third-order valence-electron chi connectivity index (χ3n) is 3.95. The molecule has 0 saturated carbocycles. The molecular formula is C19H28F2O2S. The summed E-state index contributed by atoms with van der Waals surface area (Å²) in [5.41, 5.74) is 0. The molecule has 0 bridgehead atoms. The number of unbranched alkanes of at least 4 members (excludes halogenated alkanes) is 8. The van der Waals surface area contributed by atoms with E-state index in [1.165, 1.54) is 62.4 Å². The van der Waals surface area contributed by atoms with Crippen LogP contribution in [0.5, 0.6) is 0 Å². The summed E-state index contributed by atoms with van der Waals surface area (Å²) in [5.74, 6) is 0. The van der Waals surface area contributed by atoms with Gasteiger partial charge in [0.1, 0.15) is 0 Å². The molecule has 0 heterocycles. The molecule has 0 saturated heterocycles. The van der Waals surface area contributed by atoms with Gasteiger partial charge in [-0.05, 0) is 31.1 Å². The minimum atomic E-state index is -4.67. The first kappa shape index (κ1) is 20.8. The number of sulfone groups is 1. The van der Waals surface area contributed by atoms with Gasteiger partial charge in [0.15, 0.2) is 0 Å². The lowest BCUT2D eigenvalue weighted by Gasteiger charge is -2.13. The predicted molar refractivity (Wildman–Crippen MR) is 94.9 cm³/mol. The second-order valence-corrected chi connectivity index (χ2v) is 8.07. The molecule has 5 heteroatoms. The van der Waals surface area contributed by atoms with Crippen molar-refractivity contribution in [1.29, 1.82) is 0 Å². The summed E-state index contributed by atoms with van der Waals surface area (Å²) in [7, 11) is -4.67. The quantitative estimate of drug-likeness (QED) is 0.332. The van der Waals surface area contributed by atoms with Gasteiger partial charge in [-0.2, -0.15) is 8.78 Å². The highest BCUT2D eigenvalue weighted by Crippen LogP contribution is 2.30. The van der Waals surface area contributed by atoms with Gasteiger partial charge >= 0.3 is 5.25 Å². The maximum absolute atomic E-state index is 14.0. The van der Waals surface area contributed by atoms with Crippen LogP contribution < -0.4 is 0 Å². The molecule has 0 aliphatic rings. The zero-order chi connectivity index (χ0) is 17.9. The van der Waals surface area contributed by atoms with Crippen molar-refractivity contribution >= 4 is 9.84 Å². The van der Waals surface area contributed by atoms with Crippen molar-refractivity contribution in [2.45, 2.75) is 74.9 Å². The minimum absolute atomic E-state index is 0.355. The van der Waals surface area contributed by atoms with Crippen LogP contribution >= 0.6 is 0 Å². The Balaban J connectivity index is 2.35. The van der Waals surface area contributed by atoms with E-state index >= 15 is 0 Å². The van der Waals surface area contributed by atoms with E-state index in [2.05, 4.69) is 6.92 Å². The van der Waals surface area contributed by atoms with E-state index < -0.39 is 15.1 Å². The summed E-state index contributed by atoms with van der Waals surface area (Å²) in [6, 6.07) is 6.85. The van der Waals surface area contributed by atoms with Crippen molar-refractivity contribution < 1.29 is 17.2 Å². The van der Waals surface area contributed by atoms with E-state index in [0.717, 1.165) is 19.3 Å². The molecule has 0 aromatic heterocycles. The molecule has 0 amide bonds.